The quantitative estimate of drug-likeness (QED) is 0.490. The Morgan fingerprint density at radius 3 is 2.50 bits per heavy atom. The van der Waals surface area contributed by atoms with Crippen LogP contribution in [0.5, 0.6) is 0 Å². The summed E-state index contributed by atoms with van der Waals surface area (Å²) in [4.78, 5) is 42.8. The SMILES string of the molecule is CC1C[C@H]2SC13C(C(=O)NC(C)(C)C)N(CCCCCO)C(=O)[C@@H]3[C@H]2C(=O)Nc1ccccc1. The van der Waals surface area contributed by atoms with Crippen LogP contribution in [0.2, 0.25) is 0 Å². The van der Waals surface area contributed by atoms with Gasteiger partial charge in [0.2, 0.25) is 17.7 Å². The van der Waals surface area contributed by atoms with E-state index >= 15 is 0 Å². The number of para-hydroxylation sites is 1. The van der Waals surface area contributed by atoms with Gasteiger partial charge in [-0.1, -0.05) is 25.1 Å². The lowest BCUT2D eigenvalue weighted by atomic mass is 9.65. The molecule has 0 aromatic heterocycles. The molecule has 1 aromatic rings. The van der Waals surface area contributed by atoms with E-state index in [9.17, 15) is 14.4 Å². The molecule has 3 amide bonds. The number of nitrogens with one attached hydrogen (secondary N) is 2. The first-order valence-corrected chi connectivity index (χ1v) is 13.2. The van der Waals surface area contributed by atoms with Gasteiger partial charge in [0.15, 0.2) is 0 Å². The summed E-state index contributed by atoms with van der Waals surface area (Å²) < 4.78 is -0.604. The lowest BCUT2D eigenvalue weighted by molar-refractivity contribution is -0.139. The average Bonchev–Trinajstić information content (AvgIpc) is 3.34. The summed E-state index contributed by atoms with van der Waals surface area (Å²) in [6.45, 7) is 8.55. The normalized spacial score (nSPS) is 32.1. The Bertz CT molecular complexity index is 934. The Labute approximate surface area is 206 Å². The molecule has 8 heteroatoms. The summed E-state index contributed by atoms with van der Waals surface area (Å²) in [6, 6.07) is 8.73. The predicted octanol–water partition coefficient (Wildman–Crippen LogP) is 3.04. The van der Waals surface area contributed by atoms with E-state index in [4.69, 9.17) is 5.11 Å². The maximum absolute atomic E-state index is 13.9. The molecule has 0 radical (unpaired) electrons. The van der Waals surface area contributed by atoms with Crippen LogP contribution in [0, 0.1) is 17.8 Å². The fourth-order valence-electron chi connectivity index (χ4n) is 6.12. The van der Waals surface area contributed by atoms with Gasteiger partial charge < -0.3 is 20.6 Å². The molecule has 3 saturated heterocycles. The van der Waals surface area contributed by atoms with Crippen LogP contribution in [-0.4, -0.2) is 62.5 Å². The lowest BCUT2D eigenvalue weighted by Crippen LogP contribution is -2.59. The number of fused-ring (bicyclic) bond motifs is 1. The highest BCUT2D eigenvalue weighted by Gasteiger charge is 2.75. The molecular weight excluding hydrogens is 450 g/mol. The zero-order chi connectivity index (χ0) is 24.7. The Kier molecular flexibility index (Phi) is 7.02. The van der Waals surface area contributed by atoms with Crippen molar-refractivity contribution in [2.75, 3.05) is 18.5 Å². The summed E-state index contributed by atoms with van der Waals surface area (Å²) in [5.41, 5.74) is 0.294. The standard InChI is InChI=1S/C26H37N3O4S/c1-16-15-18-19(22(31)27-17-11-7-5-8-12-17)20-24(33)29(13-9-6-10-14-30)21(26(16,20)34-18)23(32)28-25(2,3)4/h5,7-8,11-12,16,18-21,30H,6,9-10,13-15H2,1-4H3,(H,27,31)(H,28,32)/t16?,18-,19+,20+,21?,26?/m1/s1. The van der Waals surface area contributed by atoms with Crippen molar-refractivity contribution < 1.29 is 19.5 Å². The van der Waals surface area contributed by atoms with E-state index in [-0.39, 0.29) is 35.5 Å². The molecule has 0 aliphatic carbocycles. The molecule has 3 fully saturated rings. The minimum absolute atomic E-state index is 0.0223. The Morgan fingerprint density at radius 1 is 1.15 bits per heavy atom. The molecule has 3 aliphatic heterocycles. The number of hydrogen-bond acceptors (Lipinski definition) is 5. The number of carbonyl (C=O) groups is 3. The van der Waals surface area contributed by atoms with E-state index in [2.05, 4.69) is 17.6 Å². The number of likely N-dealkylation sites (tertiary alicyclic amines) is 1. The molecule has 0 saturated carbocycles. The fourth-order valence-corrected chi connectivity index (χ4v) is 8.54. The smallest absolute Gasteiger partial charge is 0.244 e. The molecule has 3 aliphatic rings. The molecule has 6 atom stereocenters. The number of carbonyl (C=O) groups excluding carboxylic acids is 3. The third kappa shape index (κ3) is 4.35. The van der Waals surface area contributed by atoms with Gasteiger partial charge in [-0.05, 0) is 64.5 Å². The van der Waals surface area contributed by atoms with Crippen molar-refractivity contribution in [3.05, 3.63) is 30.3 Å². The maximum atomic E-state index is 13.9. The summed E-state index contributed by atoms with van der Waals surface area (Å²) in [7, 11) is 0. The summed E-state index contributed by atoms with van der Waals surface area (Å²) >= 11 is 1.69. The Balaban J connectivity index is 1.66. The van der Waals surface area contributed by atoms with Crippen molar-refractivity contribution in [3.63, 3.8) is 0 Å². The van der Waals surface area contributed by atoms with Crippen LogP contribution in [0.3, 0.4) is 0 Å². The third-order valence-electron chi connectivity index (χ3n) is 7.39. The second-order valence-corrected chi connectivity index (χ2v) is 12.5. The van der Waals surface area contributed by atoms with Gasteiger partial charge in [0.1, 0.15) is 6.04 Å². The number of unbranched alkanes of at least 4 members (excludes halogenated alkanes) is 2. The number of nitrogens with zero attached hydrogens (tertiary/aromatic N) is 1. The van der Waals surface area contributed by atoms with E-state index < -0.39 is 28.2 Å². The third-order valence-corrected chi connectivity index (χ3v) is 9.47. The van der Waals surface area contributed by atoms with Crippen LogP contribution in [-0.2, 0) is 14.4 Å². The Hall–Kier alpha value is -2.06. The molecule has 2 bridgehead atoms. The lowest BCUT2D eigenvalue weighted by Gasteiger charge is -2.39. The summed E-state index contributed by atoms with van der Waals surface area (Å²) in [5, 5.41) is 15.3. The number of hydrogen-bond donors (Lipinski definition) is 3. The summed E-state index contributed by atoms with van der Waals surface area (Å²) in [5.74, 6) is -1.16. The molecule has 3 unspecified atom stereocenters. The number of aliphatic hydroxyl groups excluding tert-OH is 1. The van der Waals surface area contributed by atoms with Gasteiger partial charge in [0, 0.05) is 29.6 Å². The van der Waals surface area contributed by atoms with E-state index in [1.165, 1.54) is 0 Å². The van der Waals surface area contributed by atoms with E-state index in [0.29, 0.717) is 13.0 Å². The number of thioether (sulfide) groups is 1. The predicted molar refractivity (Wildman–Crippen MR) is 134 cm³/mol. The van der Waals surface area contributed by atoms with Gasteiger partial charge >= 0.3 is 0 Å². The second-order valence-electron chi connectivity index (χ2n) is 11.0. The maximum Gasteiger partial charge on any atom is 0.244 e. The van der Waals surface area contributed by atoms with Crippen molar-refractivity contribution in [1.29, 1.82) is 0 Å². The highest BCUT2D eigenvalue weighted by molar-refractivity contribution is 8.02. The number of rotatable bonds is 8. The zero-order valence-electron chi connectivity index (χ0n) is 20.5. The Morgan fingerprint density at radius 2 is 1.85 bits per heavy atom. The molecule has 186 valence electrons. The number of amides is 3. The minimum Gasteiger partial charge on any atom is -0.396 e. The highest BCUT2D eigenvalue weighted by Crippen LogP contribution is 2.68. The first kappa shape index (κ1) is 25.0. The van der Waals surface area contributed by atoms with Crippen LogP contribution in [0.4, 0.5) is 5.69 Å². The van der Waals surface area contributed by atoms with Gasteiger partial charge in [-0.15, -0.1) is 11.8 Å². The van der Waals surface area contributed by atoms with Crippen LogP contribution < -0.4 is 10.6 Å². The van der Waals surface area contributed by atoms with Crippen molar-refractivity contribution in [2.24, 2.45) is 17.8 Å². The van der Waals surface area contributed by atoms with Crippen molar-refractivity contribution in [2.45, 2.75) is 75.0 Å². The number of benzene rings is 1. The molecule has 34 heavy (non-hydrogen) atoms. The minimum atomic E-state index is -0.604. The van der Waals surface area contributed by atoms with Crippen LogP contribution >= 0.6 is 11.8 Å². The van der Waals surface area contributed by atoms with Gasteiger partial charge in [-0.3, -0.25) is 14.4 Å². The number of anilines is 1. The fraction of sp³-hybridized carbons (Fsp3) is 0.654. The largest absolute Gasteiger partial charge is 0.396 e. The number of aliphatic hydroxyl groups is 1. The molecule has 3 heterocycles. The van der Waals surface area contributed by atoms with Crippen LogP contribution in [0.1, 0.15) is 53.4 Å². The van der Waals surface area contributed by atoms with Gasteiger partial charge in [-0.2, -0.15) is 0 Å². The molecule has 3 N–H and O–H groups in total. The van der Waals surface area contributed by atoms with Crippen LogP contribution in [0.25, 0.3) is 0 Å². The first-order valence-electron chi connectivity index (χ1n) is 12.4. The molecule has 4 rings (SSSR count). The van der Waals surface area contributed by atoms with Crippen LogP contribution in [0.15, 0.2) is 30.3 Å². The first-order chi connectivity index (χ1) is 16.1. The molecular formula is C26H37N3O4S. The van der Waals surface area contributed by atoms with E-state index in [1.807, 2.05) is 51.1 Å². The topological polar surface area (TPSA) is 98.7 Å². The van der Waals surface area contributed by atoms with Gasteiger partial charge in [-0.25, -0.2) is 0 Å². The van der Waals surface area contributed by atoms with Crippen molar-refractivity contribution >= 4 is 35.2 Å². The molecule has 1 aromatic carbocycles. The second kappa shape index (κ2) is 9.53. The van der Waals surface area contributed by atoms with Crippen molar-refractivity contribution in [1.82, 2.24) is 10.2 Å². The highest BCUT2D eigenvalue weighted by atomic mass is 32.2. The van der Waals surface area contributed by atoms with E-state index in [0.717, 1.165) is 24.9 Å². The molecule has 7 nitrogen and oxygen atoms in total. The zero-order valence-corrected chi connectivity index (χ0v) is 21.4. The molecule has 1 spiro atoms. The van der Waals surface area contributed by atoms with Gasteiger partial charge in [0.25, 0.3) is 0 Å². The van der Waals surface area contributed by atoms with E-state index in [1.54, 1.807) is 16.7 Å². The monoisotopic (exact) mass is 487 g/mol. The van der Waals surface area contributed by atoms with Gasteiger partial charge in [0.05, 0.1) is 16.6 Å². The summed E-state index contributed by atoms with van der Waals surface area (Å²) in [6.07, 6.45) is 3.00. The average molecular weight is 488 g/mol. The van der Waals surface area contributed by atoms with Crippen molar-refractivity contribution in [3.8, 4) is 0 Å².